The summed E-state index contributed by atoms with van der Waals surface area (Å²) in [6.07, 6.45) is 1.35. The average Bonchev–Trinajstić information content (AvgIpc) is 2.36. The van der Waals surface area contributed by atoms with Crippen molar-refractivity contribution in [2.45, 2.75) is 20.0 Å². The molecule has 4 heteroatoms. The summed E-state index contributed by atoms with van der Waals surface area (Å²) in [6.45, 7) is 3.83. The Morgan fingerprint density at radius 2 is 1.88 bits per heavy atom. The van der Waals surface area contributed by atoms with Crippen molar-refractivity contribution in [3.05, 3.63) is 47.8 Å². The molecule has 2 aromatic rings. The Kier molecular flexibility index (Phi) is 3.23. The maximum atomic E-state index is 5.78. The summed E-state index contributed by atoms with van der Waals surface area (Å²) >= 11 is 0. The number of nitrogen functional groups attached to an aromatic ring is 1. The topological polar surface area (TPSA) is 61.0 Å². The third-order valence-corrected chi connectivity index (χ3v) is 2.63. The van der Waals surface area contributed by atoms with Crippen molar-refractivity contribution in [3.63, 3.8) is 0 Å². The van der Waals surface area contributed by atoms with Gasteiger partial charge >= 0.3 is 0 Å². The molecule has 1 heterocycles. The number of hydrogen-bond acceptors (Lipinski definition) is 4. The van der Waals surface area contributed by atoms with Crippen LogP contribution < -0.4 is 10.5 Å². The van der Waals surface area contributed by atoms with Gasteiger partial charge in [0.25, 0.3) is 0 Å². The van der Waals surface area contributed by atoms with Crippen LogP contribution in [0.4, 0.5) is 5.82 Å². The van der Waals surface area contributed by atoms with Gasteiger partial charge in [0, 0.05) is 0 Å². The number of aromatic nitrogens is 2. The third-order valence-electron chi connectivity index (χ3n) is 2.63. The molecule has 1 aromatic carbocycles. The van der Waals surface area contributed by atoms with Crippen molar-refractivity contribution < 1.29 is 4.74 Å². The van der Waals surface area contributed by atoms with Crippen molar-refractivity contribution in [2.24, 2.45) is 0 Å². The zero-order valence-electron chi connectivity index (χ0n) is 9.92. The Morgan fingerprint density at radius 1 is 1.18 bits per heavy atom. The van der Waals surface area contributed by atoms with Crippen LogP contribution in [0, 0.1) is 6.92 Å². The summed E-state index contributed by atoms with van der Waals surface area (Å²) < 4.78 is 5.78. The molecule has 1 unspecified atom stereocenters. The summed E-state index contributed by atoms with van der Waals surface area (Å²) in [7, 11) is 0. The van der Waals surface area contributed by atoms with Gasteiger partial charge in [-0.3, -0.25) is 0 Å². The Morgan fingerprint density at radius 3 is 2.59 bits per heavy atom. The van der Waals surface area contributed by atoms with Crippen molar-refractivity contribution in [1.29, 1.82) is 0 Å². The molecule has 0 amide bonds. The summed E-state index contributed by atoms with van der Waals surface area (Å²) in [5.41, 5.74) is 7.58. The molecule has 2 N–H and O–H groups in total. The predicted molar refractivity (Wildman–Crippen MR) is 66.7 cm³/mol. The highest BCUT2D eigenvalue weighted by Gasteiger charge is 2.11. The molecule has 0 saturated carbocycles. The summed E-state index contributed by atoms with van der Waals surface area (Å²) in [6, 6.07) is 9.98. The Balaban J connectivity index is 2.19. The fourth-order valence-corrected chi connectivity index (χ4v) is 1.53. The second-order valence-corrected chi connectivity index (χ2v) is 3.86. The quantitative estimate of drug-likeness (QED) is 0.878. The van der Waals surface area contributed by atoms with Crippen LogP contribution in [0.5, 0.6) is 5.88 Å². The molecule has 0 bridgehead atoms. The average molecular weight is 229 g/mol. The number of ether oxygens (including phenoxy) is 1. The first-order valence-electron chi connectivity index (χ1n) is 5.47. The molecule has 0 saturated heterocycles. The van der Waals surface area contributed by atoms with E-state index in [0.717, 1.165) is 11.1 Å². The molecule has 0 fully saturated rings. The second kappa shape index (κ2) is 4.82. The van der Waals surface area contributed by atoms with Crippen molar-refractivity contribution in [3.8, 4) is 5.88 Å². The van der Waals surface area contributed by atoms with Gasteiger partial charge in [0.1, 0.15) is 18.2 Å². The lowest BCUT2D eigenvalue weighted by atomic mass is 10.1. The van der Waals surface area contributed by atoms with Gasteiger partial charge in [-0.1, -0.05) is 30.3 Å². The zero-order valence-corrected chi connectivity index (χ0v) is 9.92. The lowest BCUT2D eigenvalue weighted by Crippen LogP contribution is -2.07. The zero-order chi connectivity index (χ0) is 12.3. The van der Waals surface area contributed by atoms with Gasteiger partial charge in [-0.05, 0) is 19.4 Å². The van der Waals surface area contributed by atoms with Crippen LogP contribution in [0.15, 0.2) is 36.7 Å². The molecular weight excluding hydrogens is 214 g/mol. The normalized spacial score (nSPS) is 12.1. The summed E-state index contributed by atoms with van der Waals surface area (Å²) in [4.78, 5) is 8.00. The molecule has 0 spiro atoms. The smallest absolute Gasteiger partial charge is 0.222 e. The van der Waals surface area contributed by atoms with E-state index in [4.69, 9.17) is 10.5 Å². The molecule has 0 aliphatic heterocycles. The van der Waals surface area contributed by atoms with Gasteiger partial charge in [-0.15, -0.1) is 0 Å². The largest absolute Gasteiger partial charge is 0.469 e. The number of hydrogen-bond donors (Lipinski definition) is 1. The number of nitrogens with two attached hydrogens (primary N) is 1. The van der Waals surface area contributed by atoms with Gasteiger partial charge in [-0.2, -0.15) is 0 Å². The van der Waals surface area contributed by atoms with Gasteiger partial charge in [-0.25, -0.2) is 9.97 Å². The van der Waals surface area contributed by atoms with E-state index in [2.05, 4.69) is 9.97 Å². The minimum Gasteiger partial charge on any atom is -0.469 e. The fraction of sp³-hybridized carbons (Fsp3) is 0.231. The van der Waals surface area contributed by atoms with Gasteiger partial charge in [0.05, 0.1) is 5.56 Å². The molecule has 1 aromatic heterocycles. The van der Waals surface area contributed by atoms with E-state index < -0.39 is 0 Å². The minimum absolute atomic E-state index is 0.0656. The van der Waals surface area contributed by atoms with Crippen molar-refractivity contribution >= 4 is 5.82 Å². The van der Waals surface area contributed by atoms with Gasteiger partial charge in [0.15, 0.2) is 0 Å². The number of benzene rings is 1. The number of rotatable bonds is 3. The van der Waals surface area contributed by atoms with Crippen molar-refractivity contribution in [2.75, 3.05) is 5.73 Å². The Labute approximate surface area is 100 Å². The first kappa shape index (κ1) is 11.4. The highest BCUT2D eigenvalue weighted by molar-refractivity contribution is 5.43. The minimum atomic E-state index is -0.0656. The lowest BCUT2D eigenvalue weighted by Gasteiger charge is -2.15. The monoisotopic (exact) mass is 229 g/mol. The van der Waals surface area contributed by atoms with Gasteiger partial charge in [0.2, 0.25) is 5.88 Å². The Hall–Kier alpha value is -2.10. The standard InChI is InChI=1S/C13H15N3O/c1-9-12(14)15-8-16-13(9)17-10(2)11-6-4-3-5-7-11/h3-8,10H,1-2H3,(H2,14,15,16). The highest BCUT2D eigenvalue weighted by atomic mass is 16.5. The first-order valence-corrected chi connectivity index (χ1v) is 5.47. The van der Waals surface area contributed by atoms with E-state index >= 15 is 0 Å². The lowest BCUT2D eigenvalue weighted by molar-refractivity contribution is 0.215. The maximum Gasteiger partial charge on any atom is 0.222 e. The maximum absolute atomic E-state index is 5.78. The van der Waals surface area contributed by atoms with Crippen LogP contribution in [0.25, 0.3) is 0 Å². The molecule has 0 radical (unpaired) electrons. The van der Waals surface area contributed by atoms with Crippen LogP contribution in [0.3, 0.4) is 0 Å². The number of nitrogens with zero attached hydrogens (tertiary/aromatic N) is 2. The van der Waals surface area contributed by atoms with E-state index in [9.17, 15) is 0 Å². The predicted octanol–water partition coefficient (Wildman–Crippen LogP) is 2.51. The Bertz CT molecular complexity index is 499. The van der Waals surface area contributed by atoms with E-state index in [-0.39, 0.29) is 6.10 Å². The number of anilines is 1. The van der Waals surface area contributed by atoms with Crippen LogP contribution in [0.1, 0.15) is 24.2 Å². The summed E-state index contributed by atoms with van der Waals surface area (Å²) in [5.74, 6) is 0.990. The van der Waals surface area contributed by atoms with Gasteiger partial charge < -0.3 is 10.5 Å². The van der Waals surface area contributed by atoms with Crippen LogP contribution >= 0.6 is 0 Å². The third kappa shape index (κ3) is 2.53. The van der Waals surface area contributed by atoms with Crippen LogP contribution in [0.2, 0.25) is 0 Å². The first-order chi connectivity index (χ1) is 8.18. The molecular formula is C13H15N3O. The second-order valence-electron chi connectivity index (χ2n) is 3.86. The van der Waals surface area contributed by atoms with Crippen LogP contribution in [-0.2, 0) is 0 Å². The van der Waals surface area contributed by atoms with E-state index in [1.807, 2.05) is 44.2 Å². The molecule has 0 aliphatic carbocycles. The fourth-order valence-electron chi connectivity index (χ4n) is 1.53. The molecule has 4 nitrogen and oxygen atoms in total. The summed E-state index contributed by atoms with van der Waals surface area (Å²) in [5, 5.41) is 0. The van der Waals surface area contributed by atoms with E-state index in [0.29, 0.717) is 11.7 Å². The van der Waals surface area contributed by atoms with Crippen molar-refractivity contribution in [1.82, 2.24) is 9.97 Å². The molecule has 17 heavy (non-hydrogen) atoms. The SMILES string of the molecule is Cc1c(N)ncnc1OC(C)c1ccccc1. The molecule has 0 aliphatic rings. The van der Waals surface area contributed by atoms with Crippen LogP contribution in [-0.4, -0.2) is 9.97 Å². The van der Waals surface area contributed by atoms with E-state index in [1.165, 1.54) is 6.33 Å². The molecule has 2 rings (SSSR count). The van der Waals surface area contributed by atoms with E-state index in [1.54, 1.807) is 0 Å². The molecule has 1 atom stereocenters. The molecule has 88 valence electrons. The highest BCUT2D eigenvalue weighted by Crippen LogP contribution is 2.24.